The van der Waals surface area contributed by atoms with Crippen molar-refractivity contribution in [2.24, 2.45) is 0 Å². The summed E-state index contributed by atoms with van der Waals surface area (Å²) in [4.78, 5) is 0.201. The Hall–Kier alpha value is -1.15. The SMILES string of the molecule is CCOc1ccc(S(=O)(=O)N2CCC(O)(COC)C2)cc1. The van der Waals surface area contributed by atoms with Gasteiger partial charge in [0.2, 0.25) is 10.0 Å². The maximum absolute atomic E-state index is 12.5. The molecular formula is C14H21NO5S. The molecule has 0 amide bonds. The molecule has 1 heterocycles. The Morgan fingerprint density at radius 2 is 2.00 bits per heavy atom. The fraction of sp³-hybridized carbons (Fsp3) is 0.571. The van der Waals surface area contributed by atoms with Crippen LogP contribution in [0, 0.1) is 0 Å². The molecule has 1 atom stereocenters. The fourth-order valence-corrected chi connectivity index (χ4v) is 3.95. The van der Waals surface area contributed by atoms with Gasteiger partial charge in [-0.15, -0.1) is 0 Å². The number of nitrogens with zero attached hydrogens (tertiary/aromatic N) is 1. The van der Waals surface area contributed by atoms with E-state index in [1.807, 2.05) is 6.92 Å². The molecule has 1 aliphatic heterocycles. The molecule has 0 bridgehead atoms. The number of hydrogen-bond donors (Lipinski definition) is 1. The van der Waals surface area contributed by atoms with E-state index < -0.39 is 15.6 Å². The van der Waals surface area contributed by atoms with E-state index in [9.17, 15) is 13.5 Å². The Bertz CT molecular complexity index is 572. The largest absolute Gasteiger partial charge is 0.494 e. The zero-order chi connectivity index (χ0) is 15.5. The molecule has 118 valence electrons. The van der Waals surface area contributed by atoms with Gasteiger partial charge in [-0.2, -0.15) is 4.31 Å². The normalized spacial score (nSPS) is 23.4. The quantitative estimate of drug-likeness (QED) is 0.842. The zero-order valence-electron chi connectivity index (χ0n) is 12.3. The minimum Gasteiger partial charge on any atom is -0.494 e. The second kappa shape index (κ2) is 6.31. The van der Waals surface area contributed by atoms with Crippen molar-refractivity contribution in [3.8, 4) is 5.75 Å². The molecule has 7 heteroatoms. The van der Waals surface area contributed by atoms with Crippen molar-refractivity contribution in [2.75, 3.05) is 33.4 Å². The van der Waals surface area contributed by atoms with Crippen LogP contribution in [0.4, 0.5) is 0 Å². The van der Waals surface area contributed by atoms with Gasteiger partial charge in [-0.05, 0) is 37.6 Å². The van der Waals surface area contributed by atoms with Gasteiger partial charge in [0.1, 0.15) is 11.4 Å². The van der Waals surface area contributed by atoms with Crippen LogP contribution in [0.1, 0.15) is 13.3 Å². The first-order chi connectivity index (χ1) is 9.91. The molecule has 1 aliphatic rings. The molecule has 6 nitrogen and oxygen atoms in total. The molecule has 0 aliphatic carbocycles. The van der Waals surface area contributed by atoms with Gasteiger partial charge in [0.25, 0.3) is 0 Å². The summed E-state index contributed by atoms with van der Waals surface area (Å²) in [7, 11) is -2.11. The Balaban J connectivity index is 2.15. The number of β-amino-alcohol motifs (C(OH)–C–C–N with tert-alkyl or cyclic N) is 1. The van der Waals surface area contributed by atoms with E-state index in [0.29, 0.717) is 18.8 Å². The molecular weight excluding hydrogens is 294 g/mol. The summed E-state index contributed by atoms with van der Waals surface area (Å²) in [6.07, 6.45) is 0.372. The molecule has 1 saturated heterocycles. The van der Waals surface area contributed by atoms with Gasteiger partial charge in [-0.25, -0.2) is 8.42 Å². The maximum atomic E-state index is 12.5. The van der Waals surface area contributed by atoms with Crippen molar-refractivity contribution in [2.45, 2.75) is 23.8 Å². The summed E-state index contributed by atoms with van der Waals surface area (Å²) < 4.78 is 36.6. The molecule has 21 heavy (non-hydrogen) atoms. The average Bonchev–Trinajstić information content (AvgIpc) is 2.83. The fourth-order valence-electron chi connectivity index (χ4n) is 2.43. The highest BCUT2D eigenvalue weighted by Crippen LogP contribution is 2.28. The Morgan fingerprint density at radius 1 is 1.33 bits per heavy atom. The van der Waals surface area contributed by atoms with Crippen LogP contribution in [-0.2, 0) is 14.8 Å². The second-order valence-electron chi connectivity index (χ2n) is 5.15. The zero-order valence-corrected chi connectivity index (χ0v) is 13.1. The molecule has 1 unspecified atom stereocenters. The standard InChI is InChI=1S/C14H21NO5S/c1-3-20-12-4-6-13(7-5-12)21(17,18)15-9-8-14(16,10-15)11-19-2/h4-7,16H,3,8-11H2,1-2H3. The second-order valence-corrected chi connectivity index (χ2v) is 7.09. The number of ether oxygens (including phenoxy) is 2. The van der Waals surface area contributed by atoms with Crippen molar-refractivity contribution < 1.29 is 23.0 Å². The monoisotopic (exact) mass is 315 g/mol. The lowest BCUT2D eigenvalue weighted by Gasteiger charge is -2.22. The lowest BCUT2D eigenvalue weighted by atomic mass is 10.1. The summed E-state index contributed by atoms with van der Waals surface area (Å²) >= 11 is 0. The van der Waals surface area contributed by atoms with Crippen molar-refractivity contribution in [1.29, 1.82) is 0 Å². The summed E-state index contributed by atoms with van der Waals surface area (Å²) in [6, 6.07) is 6.31. The van der Waals surface area contributed by atoms with Crippen molar-refractivity contribution in [1.82, 2.24) is 4.31 Å². The van der Waals surface area contributed by atoms with E-state index >= 15 is 0 Å². The molecule has 1 fully saturated rings. The third kappa shape index (κ3) is 3.55. The molecule has 2 rings (SSSR count). The molecule has 1 N–H and O–H groups in total. The van der Waals surface area contributed by atoms with Crippen LogP contribution in [-0.4, -0.2) is 56.8 Å². The predicted octanol–water partition coefficient (Wildman–Crippen LogP) is 0.857. The summed E-state index contributed by atoms with van der Waals surface area (Å²) in [5, 5.41) is 10.2. The average molecular weight is 315 g/mol. The first kappa shape index (κ1) is 16.2. The van der Waals surface area contributed by atoms with Crippen LogP contribution >= 0.6 is 0 Å². The minimum absolute atomic E-state index is 0.0520. The van der Waals surface area contributed by atoms with Gasteiger partial charge in [0.05, 0.1) is 18.1 Å². The van der Waals surface area contributed by atoms with Crippen LogP contribution < -0.4 is 4.74 Å². The molecule has 1 aromatic rings. The van der Waals surface area contributed by atoms with E-state index in [2.05, 4.69) is 0 Å². The molecule has 1 aromatic carbocycles. The van der Waals surface area contributed by atoms with Crippen molar-refractivity contribution in [3.63, 3.8) is 0 Å². The highest BCUT2D eigenvalue weighted by Gasteiger charge is 2.41. The van der Waals surface area contributed by atoms with Crippen LogP contribution in [0.2, 0.25) is 0 Å². The molecule has 0 spiro atoms. The maximum Gasteiger partial charge on any atom is 0.243 e. The Labute approximate surface area is 125 Å². The summed E-state index contributed by atoms with van der Waals surface area (Å²) in [5.41, 5.74) is -1.10. The Morgan fingerprint density at radius 3 is 2.57 bits per heavy atom. The van der Waals surface area contributed by atoms with Gasteiger partial charge in [0.15, 0.2) is 0 Å². The first-order valence-electron chi connectivity index (χ1n) is 6.85. The lowest BCUT2D eigenvalue weighted by molar-refractivity contribution is -0.0187. The number of hydrogen-bond acceptors (Lipinski definition) is 5. The van der Waals surface area contributed by atoms with Crippen LogP contribution in [0.3, 0.4) is 0 Å². The van der Waals surface area contributed by atoms with Gasteiger partial charge >= 0.3 is 0 Å². The molecule has 0 radical (unpaired) electrons. The minimum atomic E-state index is -3.60. The number of rotatable bonds is 6. The Kier molecular flexibility index (Phi) is 4.88. The highest BCUT2D eigenvalue weighted by molar-refractivity contribution is 7.89. The van der Waals surface area contributed by atoms with Crippen molar-refractivity contribution >= 4 is 10.0 Å². The molecule has 0 saturated carbocycles. The summed E-state index contributed by atoms with van der Waals surface area (Å²) in [6.45, 7) is 2.86. The summed E-state index contributed by atoms with van der Waals surface area (Å²) in [5.74, 6) is 0.633. The van der Waals surface area contributed by atoms with E-state index in [1.54, 1.807) is 12.1 Å². The number of sulfonamides is 1. The van der Waals surface area contributed by atoms with Crippen LogP contribution in [0.5, 0.6) is 5.75 Å². The van der Waals surface area contributed by atoms with Crippen LogP contribution in [0.25, 0.3) is 0 Å². The third-order valence-corrected chi connectivity index (χ3v) is 5.34. The lowest BCUT2D eigenvalue weighted by Crippen LogP contribution is -2.39. The van der Waals surface area contributed by atoms with E-state index in [-0.39, 0.29) is 24.6 Å². The van der Waals surface area contributed by atoms with E-state index in [1.165, 1.54) is 23.5 Å². The number of methoxy groups -OCH3 is 1. The van der Waals surface area contributed by atoms with Gasteiger partial charge in [-0.1, -0.05) is 0 Å². The highest BCUT2D eigenvalue weighted by atomic mass is 32.2. The van der Waals surface area contributed by atoms with E-state index in [0.717, 1.165) is 0 Å². The molecule has 0 aromatic heterocycles. The van der Waals surface area contributed by atoms with Gasteiger partial charge in [-0.3, -0.25) is 0 Å². The van der Waals surface area contributed by atoms with Crippen LogP contribution in [0.15, 0.2) is 29.2 Å². The first-order valence-corrected chi connectivity index (χ1v) is 8.30. The number of benzene rings is 1. The van der Waals surface area contributed by atoms with Gasteiger partial charge < -0.3 is 14.6 Å². The number of aliphatic hydroxyl groups is 1. The van der Waals surface area contributed by atoms with E-state index in [4.69, 9.17) is 9.47 Å². The van der Waals surface area contributed by atoms with Crippen molar-refractivity contribution in [3.05, 3.63) is 24.3 Å². The third-order valence-electron chi connectivity index (χ3n) is 3.48. The smallest absolute Gasteiger partial charge is 0.243 e. The van der Waals surface area contributed by atoms with Gasteiger partial charge in [0, 0.05) is 20.2 Å². The topological polar surface area (TPSA) is 76.1 Å². The predicted molar refractivity (Wildman–Crippen MR) is 77.8 cm³/mol.